The fourth-order valence-corrected chi connectivity index (χ4v) is 6.25. The van der Waals surface area contributed by atoms with Gasteiger partial charge in [-0.2, -0.15) is 0 Å². The zero-order valence-electron chi connectivity index (χ0n) is 16.9. The Morgan fingerprint density at radius 2 is 1.48 bits per heavy atom. The van der Waals surface area contributed by atoms with E-state index in [4.69, 9.17) is 0 Å². The number of hydrogen-bond acceptors (Lipinski definition) is 3. The number of carbonyl (C=O) groups is 1. The van der Waals surface area contributed by atoms with E-state index in [0.29, 0.717) is 24.3 Å². The molecule has 0 aromatic carbocycles. The molecule has 6 nitrogen and oxygen atoms in total. The summed E-state index contributed by atoms with van der Waals surface area (Å²) >= 11 is 0. The first-order chi connectivity index (χ1) is 12.8. The molecular weight excluding hydrogens is 362 g/mol. The van der Waals surface area contributed by atoms with Crippen molar-refractivity contribution in [1.82, 2.24) is 14.2 Å². The molecule has 0 radical (unpaired) electrons. The maximum absolute atomic E-state index is 13.3. The van der Waals surface area contributed by atoms with Crippen LogP contribution in [0.15, 0.2) is 4.90 Å². The van der Waals surface area contributed by atoms with Crippen LogP contribution in [0.1, 0.15) is 79.5 Å². The van der Waals surface area contributed by atoms with Gasteiger partial charge in [0.05, 0.1) is 5.56 Å². The lowest BCUT2D eigenvalue weighted by molar-refractivity contribution is 0.0719. The molecule has 7 heteroatoms. The lowest BCUT2D eigenvalue weighted by atomic mass is 10.1. The van der Waals surface area contributed by atoms with Gasteiger partial charge in [0.15, 0.2) is 0 Å². The lowest BCUT2D eigenvalue weighted by Crippen LogP contribution is -2.38. The van der Waals surface area contributed by atoms with E-state index in [9.17, 15) is 13.2 Å². The highest BCUT2D eigenvalue weighted by atomic mass is 32.2. The first-order valence-electron chi connectivity index (χ1n) is 10.3. The molecule has 2 aliphatic rings. The topological polar surface area (TPSA) is 71.4 Å². The molecule has 1 aromatic heterocycles. The third-order valence-electron chi connectivity index (χ3n) is 6.23. The van der Waals surface area contributed by atoms with Crippen LogP contribution < -0.4 is 4.72 Å². The maximum Gasteiger partial charge on any atom is 0.257 e. The Kier molecular flexibility index (Phi) is 6.31. The third-order valence-corrected chi connectivity index (χ3v) is 7.91. The highest BCUT2D eigenvalue weighted by Crippen LogP contribution is 2.29. The fourth-order valence-electron chi connectivity index (χ4n) is 4.43. The van der Waals surface area contributed by atoms with Gasteiger partial charge in [-0.1, -0.05) is 25.7 Å². The zero-order valence-corrected chi connectivity index (χ0v) is 17.7. The second-order valence-corrected chi connectivity index (χ2v) is 9.75. The van der Waals surface area contributed by atoms with E-state index in [1.165, 1.54) is 12.8 Å². The van der Waals surface area contributed by atoms with Gasteiger partial charge in [0.2, 0.25) is 10.0 Å². The van der Waals surface area contributed by atoms with Crippen molar-refractivity contribution in [2.75, 3.05) is 13.1 Å². The molecule has 3 rings (SSSR count). The number of rotatable bonds is 4. The minimum absolute atomic E-state index is 0.0321. The summed E-state index contributed by atoms with van der Waals surface area (Å²) in [5, 5.41) is 0. The van der Waals surface area contributed by atoms with Gasteiger partial charge < -0.3 is 9.47 Å². The first-order valence-corrected chi connectivity index (χ1v) is 11.8. The molecule has 1 saturated carbocycles. The van der Waals surface area contributed by atoms with Crippen molar-refractivity contribution >= 4 is 15.9 Å². The van der Waals surface area contributed by atoms with Gasteiger partial charge in [-0.25, -0.2) is 13.1 Å². The van der Waals surface area contributed by atoms with Gasteiger partial charge in [-0.3, -0.25) is 4.79 Å². The standard InChI is InChI=1S/C20H33N3O3S/c1-15-18(20(24)23-13-9-6-10-14-23)19(16(2)22(15)3)27(25,26)21-17-11-7-4-5-8-12-17/h17,21H,4-14H2,1-3H3. The molecule has 1 aliphatic carbocycles. The van der Waals surface area contributed by atoms with Gasteiger partial charge in [-0.15, -0.1) is 0 Å². The van der Waals surface area contributed by atoms with Crippen molar-refractivity contribution in [2.45, 2.75) is 82.6 Å². The Bertz CT molecular complexity index is 784. The molecule has 27 heavy (non-hydrogen) atoms. The number of likely N-dealkylation sites (tertiary alicyclic amines) is 1. The summed E-state index contributed by atoms with van der Waals surface area (Å²) < 4.78 is 31.4. The predicted molar refractivity (Wildman–Crippen MR) is 106 cm³/mol. The number of carbonyl (C=O) groups excluding carboxylic acids is 1. The molecule has 1 saturated heterocycles. The highest BCUT2D eigenvalue weighted by molar-refractivity contribution is 7.89. The van der Waals surface area contributed by atoms with Crippen molar-refractivity contribution in [3.8, 4) is 0 Å². The quantitative estimate of drug-likeness (QED) is 0.796. The summed E-state index contributed by atoms with van der Waals surface area (Å²) in [5.74, 6) is -0.142. The van der Waals surface area contributed by atoms with E-state index in [1.54, 1.807) is 6.92 Å². The molecule has 1 aliphatic heterocycles. The van der Waals surface area contributed by atoms with E-state index >= 15 is 0 Å². The average molecular weight is 396 g/mol. The summed E-state index contributed by atoms with van der Waals surface area (Å²) in [7, 11) is -1.91. The second-order valence-electron chi connectivity index (χ2n) is 8.10. The summed E-state index contributed by atoms with van der Waals surface area (Å²) in [6.07, 6.45) is 9.29. The molecule has 0 bridgehead atoms. The van der Waals surface area contributed by atoms with Crippen LogP contribution in [0.25, 0.3) is 0 Å². The minimum atomic E-state index is -3.74. The molecule has 152 valence electrons. The first kappa shape index (κ1) is 20.4. The van der Waals surface area contributed by atoms with Crippen LogP contribution >= 0.6 is 0 Å². The summed E-state index contributed by atoms with van der Waals surface area (Å²) in [6, 6.07) is -0.0321. The largest absolute Gasteiger partial charge is 0.350 e. The monoisotopic (exact) mass is 395 g/mol. The molecule has 0 atom stereocenters. The number of aromatic nitrogens is 1. The lowest BCUT2D eigenvalue weighted by Gasteiger charge is -2.27. The van der Waals surface area contributed by atoms with Crippen LogP contribution in [0.3, 0.4) is 0 Å². The van der Waals surface area contributed by atoms with E-state index in [-0.39, 0.29) is 16.8 Å². The number of nitrogens with one attached hydrogen (secondary N) is 1. The number of amides is 1. The van der Waals surface area contributed by atoms with Gasteiger partial charge >= 0.3 is 0 Å². The van der Waals surface area contributed by atoms with E-state index in [1.807, 2.05) is 23.4 Å². The van der Waals surface area contributed by atoms with Gasteiger partial charge in [-0.05, 0) is 46.0 Å². The molecule has 1 amide bonds. The van der Waals surface area contributed by atoms with Crippen molar-refractivity contribution in [3.05, 3.63) is 17.0 Å². The van der Waals surface area contributed by atoms with Crippen molar-refractivity contribution < 1.29 is 13.2 Å². The Morgan fingerprint density at radius 3 is 2.07 bits per heavy atom. The number of piperidine rings is 1. The third kappa shape index (κ3) is 4.24. The summed E-state index contributed by atoms with van der Waals surface area (Å²) in [5.41, 5.74) is 1.72. The molecule has 0 unspecified atom stereocenters. The fraction of sp³-hybridized carbons (Fsp3) is 0.750. The number of hydrogen-bond donors (Lipinski definition) is 1. The summed E-state index contributed by atoms with van der Waals surface area (Å²) in [4.78, 5) is 15.2. The predicted octanol–water partition coefficient (Wildman–Crippen LogP) is 3.27. The average Bonchev–Trinajstić information content (AvgIpc) is 2.83. The van der Waals surface area contributed by atoms with Crippen LogP contribution in [0.2, 0.25) is 0 Å². The van der Waals surface area contributed by atoms with Crippen LogP contribution in [0.5, 0.6) is 0 Å². The number of sulfonamides is 1. The number of nitrogens with zero attached hydrogens (tertiary/aromatic N) is 2. The Labute approximate surface area is 163 Å². The Balaban J connectivity index is 1.96. The Hall–Kier alpha value is -1.34. The van der Waals surface area contributed by atoms with Gasteiger partial charge in [0.25, 0.3) is 5.91 Å². The Morgan fingerprint density at radius 1 is 0.926 bits per heavy atom. The van der Waals surface area contributed by atoms with Crippen molar-refractivity contribution in [3.63, 3.8) is 0 Å². The van der Waals surface area contributed by atoms with Gasteiger partial charge in [0, 0.05) is 37.6 Å². The molecule has 0 spiro atoms. The second kappa shape index (κ2) is 8.35. The SMILES string of the molecule is Cc1c(C(=O)N2CCCCC2)c(S(=O)(=O)NC2CCCCCC2)c(C)n1C. The van der Waals surface area contributed by atoms with E-state index in [0.717, 1.165) is 50.6 Å². The minimum Gasteiger partial charge on any atom is -0.350 e. The zero-order chi connectivity index (χ0) is 19.6. The maximum atomic E-state index is 13.3. The smallest absolute Gasteiger partial charge is 0.257 e. The van der Waals surface area contributed by atoms with E-state index < -0.39 is 10.0 Å². The van der Waals surface area contributed by atoms with Crippen molar-refractivity contribution in [1.29, 1.82) is 0 Å². The van der Waals surface area contributed by atoms with Crippen molar-refractivity contribution in [2.24, 2.45) is 7.05 Å². The molecular formula is C20H33N3O3S. The molecule has 2 heterocycles. The van der Waals surface area contributed by atoms with Crippen LogP contribution in [-0.2, 0) is 17.1 Å². The molecule has 1 aromatic rings. The van der Waals surface area contributed by atoms with Crippen LogP contribution in [0, 0.1) is 13.8 Å². The molecule has 2 fully saturated rings. The normalized spacial score (nSPS) is 19.9. The van der Waals surface area contributed by atoms with Gasteiger partial charge in [0.1, 0.15) is 4.90 Å². The van der Waals surface area contributed by atoms with Crippen LogP contribution in [0.4, 0.5) is 0 Å². The highest BCUT2D eigenvalue weighted by Gasteiger charge is 2.34. The van der Waals surface area contributed by atoms with Crippen LogP contribution in [-0.4, -0.2) is 42.9 Å². The summed E-state index contributed by atoms with van der Waals surface area (Å²) in [6.45, 7) is 5.06. The molecule has 1 N–H and O–H groups in total. The van der Waals surface area contributed by atoms with E-state index in [2.05, 4.69) is 4.72 Å².